The van der Waals surface area contributed by atoms with Crippen LogP contribution in [0.15, 0.2) is 35.9 Å². The van der Waals surface area contributed by atoms with Crippen LogP contribution in [-0.4, -0.2) is 42.4 Å². The van der Waals surface area contributed by atoms with Crippen molar-refractivity contribution in [3.8, 4) is 17.6 Å². The average molecular weight is 336 g/mol. The van der Waals surface area contributed by atoms with E-state index in [-0.39, 0.29) is 11.3 Å². The largest absolute Gasteiger partial charge is 0.356 e. The predicted molar refractivity (Wildman–Crippen MR) is 89.9 cm³/mol. The van der Waals surface area contributed by atoms with E-state index >= 15 is 0 Å². The Morgan fingerprint density at radius 3 is 2.68 bits per heavy atom. The predicted octanol–water partition coefficient (Wildman–Crippen LogP) is 1.00. The van der Waals surface area contributed by atoms with Gasteiger partial charge < -0.3 is 4.90 Å². The number of nitrogens with one attached hydrogen (secondary N) is 1. The number of aromatic nitrogens is 6. The number of aromatic amines is 1. The normalized spacial score (nSPS) is 14.4. The third kappa shape index (κ3) is 2.78. The number of piperidine rings is 1. The Balaban J connectivity index is 1.69. The lowest BCUT2D eigenvalue weighted by molar-refractivity contribution is 0.572. The molecule has 25 heavy (non-hydrogen) atoms. The summed E-state index contributed by atoms with van der Waals surface area (Å²) in [5, 5.41) is 11.8. The number of hydrogen-bond donors (Lipinski definition) is 1. The molecule has 0 bridgehead atoms. The van der Waals surface area contributed by atoms with Gasteiger partial charge in [0.05, 0.1) is 0 Å². The molecule has 0 atom stereocenters. The lowest BCUT2D eigenvalue weighted by Gasteiger charge is -2.27. The van der Waals surface area contributed by atoms with Crippen LogP contribution in [-0.2, 0) is 0 Å². The fraction of sp³-hybridized carbons (Fsp3) is 0.312. The molecule has 0 aromatic carbocycles. The van der Waals surface area contributed by atoms with Crippen LogP contribution in [0.4, 0.5) is 5.82 Å². The summed E-state index contributed by atoms with van der Waals surface area (Å²) in [6, 6.07) is 3.75. The zero-order chi connectivity index (χ0) is 17.2. The highest BCUT2D eigenvalue weighted by Crippen LogP contribution is 2.18. The van der Waals surface area contributed by atoms with Crippen molar-refractivity contribution in [3.63, 3.8) is 0 Å². The first-order chi connectivity index (χ1) is 12.3. The van der Waals surface area contributed by atoms with E-state index in [0.29, 0.717) is 11.5 Å². The third-order valence-corrected chi connectivity index (χ3v) is 4.28. The first-order valence-corrected chi connectivity index (χ1v) is 8.08. The molecule has 3 aromatic heterocycles. The molecule has 0 aliphatic carbocycles. The molecule has 1 fully saturated rings. The maximum atomic E-state index is 12.7. The fourth-order valence-corrected chi connectivity index (χ4v) is 2.98. The molecule has 9 nitrogen and oxygen atoms in total. The lowest BCUT2D eigenvalue weighted by Crippen LogP contribution is -2.30. The highest BCUT2D eigenvalue weighted by atomic mass is 16.1. The smallest absolute Gasteiger partial charge is 0.296 e. The van der Waals surface area contributed by atoms with Crippen molar-refractivity contribution < 1.29 is 0 Å². The summed E-state index contributed by atoms with van der Waals surface area (Å²) in [7, 11) is 0. The second-order valence-corrected chi connectivity index (χ2v) is 5.86. The van der Waals surface area contributed by atoms with E-state index in [2.05, 4.69) is 25.0 Å². The van der Waals surface area contributed by atoms with Crippen molar-refractivity contribution in [2.75, 3.05) is 18.0 Å². The van der Waals surface area contributed by atoms with E-state index in [0.717, 1.165) is 31.7 Å². The summed E-state index contributed by atoms with van der Waals surface area (Å²) in [6.45, 7) is 1.93. The van der Waals surface area contributed by atoms with Crippen LogP contribution in [0, 0.1) is 11.3 Å². The molecule has 1 saturated heterocycles. The quantitative estimate of drug-likeness (QED) is 0.764. The lowest BCUT2D eigenvalue weighted by atomic mass is 10.1. The number of hydrogen-bond acceptors (Lipinski definition) is 6. The Morgan fingerprint density at radius 1 is 1.12 bits per heavy atom. The van der Waals surface area contributed by atoms with Gasteiger partial charge in [0.1, 0.15) is 30.2 Å². The Morgan fingerprint density at radius 2 is 1.92 bits per heavy atom. The molecule has 9 heteroatoms. The Bertz CT molecular complexity index is 986. The van der Waals surface area contributed by atoms with Gasteiger partial charge in [-0.15, -0.1) is 0 Å². The van der Waals surface area contributed by atoms with Gasteiger partial charge in [-0.25, -0.2) is 15.0 Å². The maximum Gasteiger partial charge on any atom is 0.296 e. The van der Waals surface area contributed by atoms with Crippen molar-refractivity contribution in [2.45, 2.75) is 19.3 Å². The van der Waals surface area contributed by atoms with E-state index in [1.165, 1.54) is 34.5 Å². The summed E-state index contributed by atoms with van der Waals surface area (Å²) in [6.07, 6.45) is 9.51. The van der Waals surface area contributed by atoms with Crippen LogP contribution < -0.4 is 10.5 Å². The SMILES string of the molecule is N#Cc1cn(-c2c[nH]n(-c3cc(N4CCCCC4)ncn3)c2=O)cn1. The van der Waals surface area contributed by atoms with Gasteiger partial charge in [-0.2, -0.15) is 9.94 Å². The molecule has 0 spiro atoms. The summed E-state index contributed by atoms with van der Waals surface area (Å²) in [5.74, 6) is 1.30. The Kier molecular flexibility index (Phi) is 3.78. The highest BCUT2D eigenvalue weighted by Gasteiger charge is 2.15. The maximum absolute atomic E-state index is 12.7. The summed E-state index contributed by atoms with van der Waals surface area (Å²) in [5.41, 5.74) is 0.346. The molecule has 1 aliphatic rings. The number of imidazole rings is 1. The number of nitriles is 1. The van der Waals surface area contributed by atoms with Gasteiger partial charge in [0.15, 0.2) is 11.5 Å². The van der Waals surface area contributed by atoms with Crippen LogP contribution in [0.5, 0.6) is 0 Å². The standard InChI is InChI=1S/C16H16N8O/c17-7-12-9-23(11-20-12)13-8-21-24(16(13)25)15-6-14(18-10-19-15)22-4-2-1-3-5-22/h6,8-11,21H,1-5H2. The van der Waals surface area contributed by atoms with Crippen LogP contribution in [0.3, 0.4) is 0 Å². The highest BCUT2D eigenvalue weighted by molar-refractivity contribution is 5.44. The topological polar surface area (TPSA) is 108 Å². The summed E-state index contributed by atoms with van der Waals surface area (Å²) >= 11 is 0. The number of anilines is 1. The van der Waals surface area contributed by atoms with Gasteiger partial charge in [-0.05, 0) is 19.3 Å². The van der Waals surface area contributed by atoms with E-state index in [9.17, 15) is 4.79 Å². The van der Waals surface area contributed by atoms with E-state index in [1.54, 1.807) is 6.20 Å². The van der Waals surface area contributed by atoms with Gasteiger partial charge in [0.2, 0.25) is 0 Å². The second-order valence-electron chi connectivity index (χ2n) is 5.86. The van der Waals surface area contributed by atoms with E-state index < -0.39 is 0 Å². The van der Waals surface area contributed by atoms with Crippen LogP contribution in [0.25, 0.3) is 11.5 Å². The molecule has 3 aromatic rings. The molecule has 1 aliphatic heterocycles. The molecule has 1 N–H and O–H groups in total. The molecule has 4 rings (SSSR count). The monoisotopic (exact) mass is 336 g/mol. The fourth-order valence-electron chi connectivity index (χ4n) is 2.98. The molecular formula is C16H16N8O. The number of H-pyrrole nitrogens is 1. The van der Waals surface area contributed by atoms with Crippen molar-refractivity contribution in [2.24, 2.45) is 0 Å². The minimum absolute atomic E-state index is 0.251. The van der Waals surface area contributed by atoms with Crippen LogP contribution in [0.1, 0.15) is 25.0 Å². The second kappa shape index (κ2) is 6.24. The third-order valence-electron chi connectivity index (χ3n) is 4.28. The molecule has 126 valence electrons. The molecule has 0 unspecified atom stereocenters. The molecule has 4 heterocycles. The first kappa shape index (κ1) is 15.1. The van der Waals surface area contributed by atoms with Gasteiger partial charge in [0, 0.05) is 31.5 Å². The van der Waals surface area contributed by atoms with Crippen molar-refractivity contribution in [1.29, 1.82) is 5.26 Å². The van der Waals surface area contributed by atoms with E-state index in [4.69, 9.17) is 5.26 Å². The Hall–Kier alpha value is -3.41. The average Bonchev–Trinajstić information content (AvgIpc) is 3.29. The number of nitrogens with zero attached hydrogens (tertiary/aromatic N) is 7. The van der Waals surface area contributed by atoms with Gasteiger partial charge in [-0.3, -0.25) is 14.5 Å². The molecular weight excluding hydrogens is 320 g/mol. The molecule has 0 saturated carbocycles. The van der Waals surface area contributed by atoms with E-state index in [1.807, 2.05) is 12.1 Å². The Labute approximate surface area is 143 Å². The van der Waals surface area contributed by atoms with Crippen molar-refractivity contribution in [1.82, 2.24) is 29.3 Å². The molecule has 0 amide bonds. The van der Waals surface area contributed by atoms with Gasteiger partial charge in [0.25, 0.3) is 5.56 Å². The summed E-state index contributed by atoms with van der Waals surface area (Å²) < 4.78 is 2.87. The van der Waals surface area contributed by atoms with Crippen molar-refractivity contribution in [3.05, 3.63) is 47.2 Å². The first-order valence-electron chi connectivity index (χ1n) is 8.08. The van der Waals surface area contributed by atoms with Gasteiger partial charge >= 0.3 is 0 Å². The van der Waals surface area contributed by atoms with Crippen molar-refractivity contribution >= 4 is 5.82 Å². The zero-order valence-electron chi connectivity index (χ0n) is 13.5. The number of rotatable bonds is 3. The van der Waals surface area contributed by atoms with Crippen LogP contribution in [0.2, 0.25) is 0 Å². The zero-order valence-corrected chi connectivity index (χ0v) is 13.5. The van der Waals surface area contributed by atoms with Crippen LogP contribution >= 0.6 is 0 Å². The minimum Gasteiger partial charge on any atom is -0.356 e. The minimum atomic E-state index is -0.273. The van der Waals surface area contributed by atoms with Gasteiger partial charge in [-0.1, -0.05) is 0 Å². The molecule has 0 radical (unpaired) electrons. The summed E-state index contributed by atoms with van der Waals surface area (Å²) in [4.78, 5) is 27.3.